The molecule has 3 N–H and O–H groups in total. The molecule has 2 aromatic rings. The molecule has 0 atom stereocenters. The number of aromatic amines is 1. The number of H-pyrrole nitrogens is 1. The zero-order valence-electron chi connectivity index (χ0n) is 8.83. The van der Waals surface area contributed by atoms with Crippen LogP contribution < -0.4 is 11.4 Å². The second-order valence-electron chi connectivity index (χ2n) is 3.33. The van der Waals surface area contributed by atoms with Gasteiger partial charge in [0.15, 0.2) is 5.69 Å². The van der Waals surface area contributed by atoms with E-state index in [0.717, 1.165) is 10.2 Å². The molecule has 0 unspecified atom stereocenters. The number of benzene rings is 1. The Morgan fingerprint density at radius 2 is 2.00 bits per heavy atom. The van der Waals surface area contributed by atoms with E-state index in [1.54, 1.807) is 12.2 Å². The summed E-state index contributed by atoms with van der Waals surface area (Å²) in [4.78, 5) is 11.6. The van der Waals surface area contributed by atoms with Crippen LogP contribution in [-0.4, -0.2) is 14.9 Å². The monoisotopic (exact) mass is 246 g/mol. The van der Waals surface area contributed by atoms with Crippen molar-refractivity contribution in [3.8, 4) is 0 Å². The smallest absolute Gasteiger partial charge is 0.298 e. The van der Waals surface area contributed by atoms with E-state index in [1.165, 1.54) is 0 Å². The summed E-state index contributed by atoms with van der Waals surface area (Å²) in [6.07, 6.45) is 3.37. The van der Waals surface area contributed by atoms with E-state index in [2.05, 4.69) is 10.2 Å². The minimum absolute atomic E-state index is 0.0897. The zero-order valence-corrected chi connectivity index (χ0v) is 9.65. The molecule has 0 bridgehead atoms. The van der Waals surface area contributed by atoms with E-state index in [4.69, 9.17) is 18.1 Å². The number of hydrogen-bond donors (Lipinski definition) is 2. The van der Waals surface area contributed by atoms with E-state index in [1.807, 2.05) is 30.3 Å². The van der Waals surface area contributed by atoms with Gasteiger partial charge in [0.05, 0.1) is 0 Å². The molecule has 0 amide bonds. The van der Waals surface area contributed by atoms with Gasteiger partial charge in [0.1, 0.15) is 0 Å². The van der Waals surface area contributed by atoms with E-state index in [-0.39, 0.29) is 10.5 Å². The average Bonchev–Trinajstić information content (AvgIpc) is 2.36. The van der Waals surface area contributed by atoms with E-state index in [0.29, 0.717) is 0 Å². The van der Waals surface area contributed by atoms with Gasteiger partial charge >= 0.3 is 0 Å². The van der Waals surface area contributed by atoms with Crippen molar-refractivity contribution < 1.29 is 0 Å². The summed E-state index contributed by atoms with van der Waals surface area (Å²) in [6.45, 7) is 0. The quantitative estimate of drug-likeness (QED) is 0.616. The van der Waals surface area contributed by atoms with Crippen molar-refractivity contribution in [3.05, 3.63) is 56.7 Å². The minimum atomic E-state index is -0.430. The van der Waals surface area contributed by atoms with E-state index in [9.17, 15) is 4.79 Å². The van der Waals surface area contributed by atoms with Gasteiger partial charge in [-0.15, -0.1) is 0 Å². The van der Waals surface area contributed by atoms with Crippen molar-refractivity contribution in [2.24, 2.45) is 0 Å². The number of hydrogen-bond acceptors (Lipinski definition) is 4. The standard InChI is InChI=1S/C11H10N4OS/c12-15-10(16)9(13-14-11(15)17)7-6-8-4-2-1-3-5-8/h1-7H,12H2,(H,14,17). The molecule has 0 radical (unpaired) electrons. The summed E-state index contributed by atoms with van der Waals surface area (Å²) in [5.41, 5.74) is 0.755. The van der Waals surface area contributed by atoms with Crippen LogP contribution in [0.4, 0.5) is 0 Å². The van der Waals surface area contributed by atoms with Crippen LogP contribution in [0.3, 0.4) is 0 Å². The largest absolute Gasteiger partial charge is 0.334 e. The van der Waals surface area contributed by atoms with Crippen LogP contribution >= 0.6 is 12.2 Å². The molecular weight excluding hydrogens is 236 g/mol. The molecule has 0 aliphatic carbocycles. The molecular formula is C11H10N4OS. The van der Waals surface area contributed by atoms with Gasteiger partial charge in [0.25, 0.3) is 5.56 Å². The fourth-order valence-corrected chi connectivity index (χ4v) is 1.40. The Morgan fingerprint density at radius 3 is 2.71 bits per heavy atom. The molecule has 0 spiro atoms. The van der Waals surface area contributed by atoms with Crippen molar-refractivity contribution >= 4 is 24.4 Å². The molecule has 1 aromatic heterocycles. The minimum Gasteiger partial charge on any atom is -0.334 e. The first-order valence-electron chi connectivity index (χ1n) is 4.88. The predicted octanol–water partition coefficient (Wildman–Crippen LogP) is 1.19. The second kappa shape index (κ2) is 4.75. The second-order valence-corrected chi connectivity index (χ2v) is 3.72. The lowest BCUT2D eigenvalue weighted by Crippen LogP contribution is -2.31. The Kier molecular flexibility index (Phi) is 3.15. The summed E-state index contributed by atoms with van der Waals surface area (Å²) in [5.74, 6) is 5.45. The Balaban J connectivity index is 2.38. The molecule has 0 fully saturated rings. The number of rotatable bonds is 2. The van der Waals surface area contributed by atoms with Gasteiger partial charge in [-0.2, -0.15) is 9.77 Å². The predicted molar refractivity (Wildman–Crippen MR) is 69.2 cm³/mol. The third kappa shape index (κ3) is 2.48. The first-order chi connectivity index (χ1) is 8.18. The molecule has 0 aliphatic rings. The fraction of sp³-hybridized carbons (Fsp3) is 0. The van der Waals surface area contributed by atoms with Gasteiger partial charge in [-0.1, -0.05) is 36.4 Å². The van der Waals surface area contributed by atoms with Crippen molar-refractivity contribution in [2.75, 3.05) is 5.84 Å². The number of nitrogens with one attached hydrogen (secondary N) is 1. The number of nitrogen functional groups attached to an aromatic ring is 1. The lowest BCUT2D eigenvalue weighted by Gasteiger charge is -1.98. The third-order valence-corrected chi connectivity index (χ3v) is 2.45. The Bertz CT molecular complexity index is 657. The molecule has 0 aliphatic heterocycles. The maximum atomic E-state index is 11.6. The summed E-state index contributed by atoms with van der Waals surface area (Å²) in [5, 5.41) is 6.32. The van der Waals surface area contributed by atoms with Crippen molar-refractivity contribution in [3.63, 3.8) is 0 Å². The van der Waals surface area contributed by atoms with Crippen LogP contribution in [0.15, 0.2) is 35.1 Å². The highest BCUT2D eigenvalue weighted by atomic mass is 32.1. The number of aromatic nitrogens is 3. The summed E-state index contributed by atoms with van der Waals surface area (Å²) >= 11 is 4.77. The third-order valence-electron chi connectivity index (χ3n) is 2.16. The number of nitrogens with zero attached hydrogens (tertiary/aromatic N) is 2. The highest BCUT2D eigenvalue weighted by Gasteiger charge is 2.00. The molecule has 17 heavy (non-hydrogen) atoms. The van der Waals surface area contributed by atoms with Crippen molar-refractivity contribution in [1.82, 2.24) is 14.9 Å². The van der Waals surface area contributed by atoms with Gasteiger partial charge < -0.3 is 5.84 Å². The summed E-state index contributed by atoms with van der Waals surface area (Å²) in [6, 6.07) is 9.58. The first-order valence-corrected chi connectivity index (χ1v) is 5.29. The van der Waals surface area contributed by atoms with Crippen LogP contribution in [0, 0.1) is 4.77 Å². The lowest BCUT2D eigenvalue weighted by molar-refractivity contribution is 0.793. The van der Waals surface area contributed by atoms with Gasteiger partial charge in [0, 0.05) is 0 Å². The first kappa shape index (κ1) is 11.3. The van der Waals surface area contributed by atoms with E-state index >= 15 is 0 Å². The van der Waals surface area contributed by atoms with Crippen molar-refractivity contribution in [1.29, 1.82) is 0 Å². The highest BCUT2D eigenvalue weighted by molar-refractivity contribution is 7.71. The van der Waals surface area contributed by atoms with Gasteiger partial charge in [0.2, 0.25) is 4.77 Å². The molecule has 2 rings (SSSR count). The van der Waals surface area contributed by atoms with Gasteiger partial charge in [-0.25, -0.2) is 0 Å². The molecule has 86 valence electrons. The molecule has 1 heterocycles. The molecule has 0 saturated carbocycles. The Morgan fingerprint density at radius 1 is 1.29 bits per heavy atom. The van der Waals surface area contributed by atoms with Crippen LogP contribution in [0.25, 0.3) is 12.2 Å². The Labute approximate surface area is 102 Å². The normalized spacial score (nSPS) is 10.8. The van der Waals surface area contributed by atoms with Gasteiger partial charge in [-0.05, 0) is 23.9 Å². The molecule has 1 aromatic carbocycles. The lowest BCUT2D eigenvalue weighted by atomic mass is 10.2. The number of nitrogens with two attached hydrogens (primary N) is 1. The van der Waals surface area contributed by atoms with Crippen LogP contribution in [-0.2, 0) is 0 Å². The zero-order chi connectivity index (χ0) is 12.3. The molecule has 6 heteroatoms. The molecule has 0 saturated heterocycles. The topological polar surface area (TPSA) is 76.7 Å². The molecule has 5 nitrogen and oxygen atoms in total. The highest BCUT2D eigenvalue weighted by Crippen LogP contribution is 2.02. The average molecular weight is 246 g/mol. The maximum Gasteiger partial charge on any atom is 0.298 e. The van der Waals surface area contributed by atoms with Gasteiger partial charge in [-0.3, -0.25) is 9.89 Å². The SMILES string of the molecule is Nn1c(=S)[nH]nc(C=Cc2ccccc2)c1=O. The van der Waals surface area contributed by atoms with Crippen LogP contribution in [0.5, 0.6) is 0 Å². The van der Waals surface area contributed by atoms with E-state index < -0.39 is 5.56 Å². The maximum absolute atomic E-state index is 11.6. The summed E-state index contributed by atoms with van der Waals surface area (Å²) in [7, 11) is 0. The van der Waals surface area contributed by atoms with Crippen LogP contribution in [0.1, 0.15) is 11.3 Å². The Hall–Kier alpha value is -2.21. The van der Waals surface area contributed by atoms with Crippen molar-refractivity contribution in [2.45, 2.75) is 0 Å². The summed E-state index contributed by atoms with van der Waals surface area (Å²) < 4.78 is 0.944. The fourth-order valence-electron chi connectivity index (χ4n) is 1.27. The van der Waals surface area contributed by atoms with Crippen LogP contribution in [0.2, 0.25) is 0 Å².